The number of nitrogens with two attached hydrogens (primary N) is 1. The maximum atomic E-state index is 11.9. The van der Waals surface area contributed by atoms with Crippen molar-refractivity contribution < 1.29 is 8.42 Å². The molecule has 0 saturated carbocycles. The Hall–Kier alpha value is 0.220. The number of thioether (sulfide) groups is 1. The van der Waals surface area contributed by atoms with E-state index in [1.807, 2.05) is 0 Å². The second-order valence-electron chi connectivity index (χ2n) is 6.25. The molecule has 1 aliphatic heterocycles. The van der Waals surface area contributed by atoms with Gasteiger partial charge in [0.25, 0.3) is 0 Å². The van der Waals surface area contributed by atoms with Gasteiger partial charge < -0.3 is 5.73 Å². The Labute approximate surface area is 116 Å². The molecule has 1 fully saturated rings. The summed E-state index contributed by atoms with van der Waals surface area (Å²) in [7, 11) is -3.04. The fraction of sp³-hybridized carbons (Fsp3) is 1.00. The Morgan fingerprint density at radius 2 is 2.06 bits per heavy atom. The Kier molecular flexibility index (Phi) is 5.53. The molecule has 0 bridgehead atoms. The van der Waals surface area contributed by atoms with E-state index in [-0.39, 0.29) is 16.8 Å². The molecule has 2 atom stereocenters. The Morgan fingerprint density at radius 3 is 2.50 bits per heavy atom. The van der Waals surface area contributed by atoms with Crippen molar-refractivity contribution in [1.82, 2.24) is 4.90 Å². The van der Waals surface area contributed by atoms with E-state index in [0.29, 0.717) is 12.3 Å². The van der Waals surface area contributed by atoms with E-state index in [1.54, 1.807) is 11.8 Å². The summed E-state index contributed by atoms with van der Waals surface area (Å²) in [5, 5.41) is -0.368. The first-order chi connectivity index (χ1) is 8.15. The average molecular weight is 294 g/mol. The molecule has 18 heavy (non-hydrogen) atoms. The quantitative estimate of drug-likeness (QED) is 0.843. The van der Waals surface area contributed by atoms with Crippen LogP contribution in [0.2, 0.25) is 0 Å². The molecule has 0 spiro atoms. The van der Waals surface area contributed by atoms with Gasteiger partial charge in [-0.15, -0.1) is 0 Å². The second kappa shape index (κ2) is 6.11. The Morgan fingerprint density at radius 1 is 1.44 bits per heavy atom. The van der Waals surface area contributed by atoms with E-state index in [9.17, 15) is 8.42 Å². The van der Waals surface area contributed by atoms with Crippen LogP contribution in [0.3, 0.4) is 0 Å². The highest BCUT2D eigenvalue weighted by Crippen LogP contribution is 2.28. The maximum Gasteiger partial charge on any atom is 0.164 e. The van der Waals surface area contributed by atoms with Gasteiger partial charge in [-0.2, -0.15) is 11.8 Å². The zero-order valence-electron chi connectivity index (χ0n) is 11.8. The predicted molar refractivity (Wildman–Crippen MR) is 79.6 cm³/mol. The molecule has 0 aliphatic carbocycles. The van der Waals surface area contributed by atoms with Gasteiger partial charge in [-0.3, -0.25) is 4.90 Å². The van der Waals surface area contributed by atoms with Crippen LogP contribution in [0.15, 0.2) is 0 Å². The summed E-state index contributed by atoms with van der Waals surface area (Å²) in [4.78, 5) is 2.11. The molecule has 0 aromatic carbocycles. The number of nitrogens with zero attached hydrogens (tertiary/aromatic N) is 1. The van der Waals surface area contributed by atoms with Crippen LogP contribution in [0.25, 0.3) is 0 Å². The van der Waals surface area contributed by atoms with E-state index >= 15 is 0 Å². The summed E-state index contributed by atoms with van der Waals surface area (Å²) >= 11 is 1.72. The minimum Gasteiger partial charge on any atom is -0.329 e. The van der Waals surface area contributed by atoms with Gasteiger partial charge in [0, 0.05) is 36.9 Å². The van der Waals surface area contributed by atoms with Crippen molar-refractivity contribution in [2.75, 3.05) is 30.9 Å². The topological polar surface area (TPSA) is 63.4 Å². The van der Waals surface area contributed by atoms with Gasteiger partial charge in [0.05, 0.1) is 0 Å². The van der Waals surface area contributed by atoms with Crippen LogP contribution in [0, 0.1) is 5.41 Å². The van der Waals surface area contributed by atoms with Crippen molar-refractivity contribution >= 4 is 21.6 Å². The standard InChI is InChI=1S/C12H26N2O2S2/c1-12(2,3)7-10(8-13)14-5-6-17-9-11(14)18(4,15)16/h10-11H,5-9,13H2,1-4H3. The molecule has 2 unspecified atom stereocenters. The van der Waals surface area contributed by atoms with Crippen LogP contribution < -0.4 is 5.73 Å². The van der Waals surface area contributed by atoms with Crippen molar-refractivity contribution in [1.29, 1.82) is 0 Å². The highest BCUT2D eigenvalue weighted by atomic mass is 32.2. The van der Waals surface area contributed by atoms with E-state index in [2.05, 4.69) is 25.7 Å². The zero-order valence-corrected chi connectivity index (χ0v) is 13.5. The van der Waals surface area contributed by atoms with Gasteiger partial charge in [-0.25, -0.2) is 8.42 Å². The third-order valence-electron chi connectivity index (χ3n) is 3.21. The van der Waals surface area contributed by atoms with Crippen LogP contribution in [-0.2, 0) is 9.84 Å². The molecular formula is C12H26N2O2S2. The minimum atomic E-state index is -3.04. The molecular weight excluding hydrogens is 268 g/mol. The first-order valence-corrected chi connectivity index (χ1v) is 9.48. The van der Waals surface area contributed by atoms with E-state index < -0.39 is 9.84 Å². The van der Waals surface area contributed by atoms with Gasteiger partial charge in [0.15, 0.2) is 9.84 Å². The molecule has 2 N–H and O–H groups in total. The van der Waals surface area contributed by atoms with E-state index in [0.717, 1.165) is 18.7 Å². The van der Waals surface area contributed by atoms with Gasteiger partial charge in [0.2, 0.25) is 0 Å². The minimum absolute atomic E-state index is 0.158. The number of hydrogen-bond donors (Lipinski definition) is 1. The first kappa shape index (κ1) is 16.3. The zero-order chi connectivity index (χ0) is 14.0. The van der Waals surface area contributed by atoms with Gasteiger partial charge in [-0.05, 0) is 11.8 Å². The van der Waals surface area contributed by atoms with Crippen LogP contribution >= 0.6 is 11.8 Å². The second-order valence-corrected chi connectivity index (χ2v) is 9.60. The Balaban J connectivity index is 2.87. The summed E-state index contributed by atoms with van der Waals surface area (Å²) < 4.78 is 23.8. The molecule has 1 rings (SSSR count). The van der Waals surface area contributed by atoms with Gasteiger partial charge in [0.1, 0.15) is 5.37 Å². The molecule has 108 valence electrons. The molecule has 0 radical (unpaired) electrons. The van der Waals surface area contributed by atoms with Gasteiger partial charge in [-0.1, -0.05) is 20.8 Å². The highest BCUT2D eigenvalue weighted by molar-refractivity contribution is 8.00. The highest BCUT2D eigenvalue weighted by Gasteiger charge is 2.36. The number of hydrogen-bond acceptors (Lipinski definition) is 5. The third-order valence-corrected chi connectivity index (χ3v) is 5.87. The maximum absolute atomic E-state index is 11.9. The largest absolute Gasteiger partial charge is 0.329 e. The van der Waals surface area contributed by atoms with E-state index in [1.165, 1.54) is 6.26 Å². The van der Waals surface area contributed by atoms with Crippen molar-refractivity contribution in [3.63, 3.8) is 0 Å². The lowest BCUT2D eigenvalue weighted by Gasteiger charge is -2.41. The lowest BCUT2D eigenvalue weighted by molar-refractivity contribution is 0.149. The SMILES string of the molecule is CC(C)(C)CC(CN)N1CCSCC1S(C)(=O)=O. The normalized spacial score (nSPS) is 25.1. The molecule has 1 heterocycles. The summed E-state index contributed by atoms with van der Waals surface area (Å²) in [6.07, 6.45) is 2.27. The fourth-order valence-electron chi connectivity index (χ4n) is 2.42. The van der Waals surface area contributed by atoms with Crippen molar-refractivity contribution in [3.8, 4) is 0 Å². The summed E-state index contributed by atoms with van der Waals surface area (Å²) in [5.41, 5.74) is 6.04. The first-order valence-electron chi connectivity index (χ1n) is 6.37. The van der Waals surface area contributed by atoms with Crippen molar-refractivity contribution in [2.45, 2.75) is 38.6 Å². The molecule has 4 nitrogen and oxygen atoms in total. The fourth-order valence-corrected chi connectivity index (χ4v) is 5.37. The molecule has 0 aromatic rings. The molecule has 0 aromatic heterocycles. The third kappa shape index (κ3) is 4.72. The predicted octanol–water partition coefficient (Wildman–Crippen LogP) is 1.17. The van der Waals surface area contributed by atoms with Crippen molar-refractivity contribution in [3.05, 3.63) is 0 Å². The van der Waals surface area contributed by atoms with Crippen LogP contribution in [0.5, 0.6) is 0 Å². The lowest BCUT2D eigenvalue weighted by Crippen LogP contribution is -2.54. The molecule has 6 heteroatoms. The van der Waals surface area contributed by atoms with Gasteiger partial charge >= 0.3 is 0 Å². The monoisotopic (exact) mass is 294 g/mol. The van der Waals surface area contributed by atoms with Crippen LogP contribution in [-0.4, -0.2) is 55.6 Å². The molecule has 1 aliphatic rings. The molecule has 0 amide bonds. The van der Waals surface area contributed by atoms with Crippen molar-refractivity contribution in [2.24, 2.45) is 11.1 Å². The average Bonchev–Trinajstić information content (AvgIpc) is 2.23. The van der Waals surface area contributed by atoms with Crippen LogP contribution in [0.4, 0.5) is 0 Å². The Bertz CT molecular complexity index is 363. The summed E-state index contributed by atoms with van der Waals surface area (Å²) in [5.74, 6) is 1.66. The smallest absolute Gasteiger partial charge is 0.164 e. The van der Waals surface area contributed by atoms with E-state index in [4.69, 9.17) is 5.73 Å². The number of sulfone groups is 1. The summed E-state index contributed by atoms with van der Waals surface area (Å²) in [6, 6.07) is 0.158. The lowest BCUT2D eigenvalue weighted by atomic mass is 9.87. The molecule has 1 saturated heterocycles. The summed E-state index contributed by atoms with van der Waals surface area (Å²) in [6.45, 7) is 7.85. The van der Waals surface area contributed by atoms with Crippen LogP contribution in [0.1, 0.15) is 27.2 Å². The number of rotatable bonds is 4.